The minimum Gasteiger partial charge on any atom is -0.508 e. The molecule has 3 nitrogen and oxygen atoms in total. The third-order valence-electron chi connectivity index (χ3n) is 3.53. The van der Waals surface area contributed by atoms with Gasteiger partial charge < -0.3 is 9.84 Å². The van der Waals surface area contributed by atoms with Crippen molar-refractivity contribution in [3.05, 3.63) is 29.8 Å². The predicted octanol–water partition coefficient (Wildman–Crippen LogP) is 2.56. The number of aromatic hydroxyl groups is 1. The Balaban J connectivity index is 2.21. The van der Waals surface area contributed by atoms with E-state index in [1.165, 1.54) is 0 Å². The van der Waals surface area contributed by atoms with Gasteiger partial charge in [0.15, 0.2) is 0 Å². The Morgan fingerprint density at radius 2 is 2.18 bits per heavy atom. The van der Waals surface area contributed by atoms with E-state index in [2.05, 4.69) is 31.7 Å². The largest absolute Gasteiger partial charge is 0.508 e. The smallest absolute Gasteiger partial charge is 0.115 e. The monoisotopic (exact) mass is 235 g/mol. The average molecular weight is 235 g/mol. The van der Waals surface area contributed by atoms with Crippen LogP contribution in [0.2, 0.25) is 0 Å². The highest BCUT2D eigenvalue weighted by Crippen LogP contribution is 2.31. The molecular formula is C14H21NO2. The van der Waals surface area contributed by atoms with Gasteiger partial charge in [-0.3, -0.25) is 4.90 Å². The zero-order valence-corrected chi connectivity index (χ0v) is 10.8. The van der Waals surface area contributed by atoms with Crippen LogP contribution in [0.5, 0.6) is 5.75 Å². The number of morpholine rings is 1. The summed E-state index contributed by atoms with van der Waals surface area (Å²) < 4.78 is 5.53. The Kier molecular flexibility index (Phi) is 3.40. The molecule has 1 N–H and O–H groups in total. The van der Waals surface area contributed by atoms with Gasteiger partial charge >= 0.3 is 0 Å². The first kappa shape index (κ1) is 12.4. The van der Waals surface area contributed by atoms with Gasteiger partial charge in [-0.05, 0) is 38.5 Å². The van der Waals surface area contributed by atoms with Gasteiger partial charge in [-0.2, -0.15) is 0 Å². The summed E-state index contributed by atoms with van der Waals surface area (Å²) in [5.41, 5.74) is 1.20. The van der Waals surface area contributed by atoms with Crippen LogP contribution in [-0.4, -0.2) is 35.3 Å². The normalized spacial score (nSPS) is 22.3. The van der Waals surface area contributed by atoms with E-state index < -0.39 is 0 Å². The molecule has 1 aromatic rings. The quantitative estimate of drug-likeness (QED) is 0.855. The third kappa shape index (κ3) is 2.61. The summed E-state index contributed by atoms with van der Waals surface area (Å²) in [4.78, 5) is 2.44. The summed E-state index contributed by atoms with van der Waals surface area (Å²) in [5, 5.41) is 9.55. The molecule has 0 saturated carbocycles. The number of hydrogen-bond donors (Lipinski definition) is 1. The van der Waals surface area contributed by atoms with Crippen molar-refractivity contribution in [2.45, 2.75) is 32.4 Å². The van der Waals surface area contributed by atoms with Crippen molar-refractivity contribution in [3.63, 3.8) is 0 Å². The first-order valence-corrected chi connectivity index (χ1v) is 6.14. The maximum Gasteiger partial charge on any atom is 0.115 e. The van der Waals surface area contributed by atoms with Crippen LogP contribution in [0.1, 0.15) is 32.4 Å². The molecule has 1 heterocycles. The van der Waals surface area contributed by atoms with Crippen molar-refractivity contribution < 1.29 is 9.84 Å². The highest BCUT2D eigenvalue weighted by Gasteiger charge is 2.34. The molecular weight excluding hydrogens is 214 g/mol. The molecule has 0 spiro atoms. The molecule has 2 rings (SSSR count). The Morgan fingerprint density at radius 3 is 2.82 bits per heavy atom. The minimum atomic E-state index is 0.0448. The van der Waals surface area contributed by atoms with Crippen molar-refractivity contribution in [2.24, 2.45) is 0 Å². The van der Waals surface area contributed by atoms with Crippen molar-refractivity contribution in [3.8, 4) is 5.75 Å². The Labute approximate surface area is 103 Å². The van der Waals surface area contributed by atoms with Crippen molar-refractivity contribution in [1.82, 2.24) is 4.90 Å². The lowest BCUT2D eigenvalue weighted by Gasteiger charge is -2.45. The van der Waals surface area contributed by atoms with Crippen LogP contribution >= 0.6 is 0 Å². The number of ether oxygens (including phenoxy) is 1. The summed E-state index contributed by atoms with van der Waals surface area (Å²) in [6, 6.07) is 7.81. The number of phenols is 1. The van der Waals surface area contributed by atoms with E-state index in [1.807, 2.05) is 12.1 Å². The molecule has 0 aliphatic carbocycles. The van der Waals surface area contributed by atoms with Crippen molar-refractivity contribution in [2.75, 3.05) is 19.8 Å². The number of rotatable bonds is 2. The molecule has 1 atom stereocenters. The zero-order valence-electron chi connectivity index (χ0n) is 10.8. The second-order valence-corrected chi connectivity index (χ2v) is 5.33. The Hall–Kier alpha value is -1.06. The fourth-order valence-electron chi connectivity index (χ4n) is 2.55. The van der Waals surface area contributed by atoms with Gasteiger partial charge in [0, 0.05) is 18.1 Å². The lowest BCUT2D eigenvalue weighted by Crippen LogP contribution is -2.53. The van der Waals surface area contributed by atoms with Crippen LogP contribution in [0.4, 0.5) is 0 Å². The molecule has 17 heavy (non-hydrogen) atoms. The second-order valence-electron chi connectivity index (χ2n) is 5.33. The molecule has 0 bridgehead atoms. The van der Waals surface area contributed by atoms with E-state index in [1.54, 1.807) is 6.07 Å². The maximum atomic E-state index is 9.55. The molecule has 94 valence electrons. The van der Waals surface area contributed by atoms with Crippen LogP contribution in [0, 0.1) is 0 Å². The summed E-state index contributed by atoms with van der Waals surface area (Å²) >= 11 is 0. The average Bonchev–Trinajstić information content (AvgIpc) is 2.27. The number of hydrogen-bond acceptors (Lipinski definition) is 3. The van der Waals surface area contributed by atoms with Gasteiger partial charge in [0.2, 0.25) is 0 Å². The lowest BCUT2D eigenvalue weighted by molar-refractivity contribution is -0.0696. The van der Waals surface area contributed by atoms with Gasteiger partial charge in [0.25, 0.3) is 0 Å². The molecule has 1 fully saturated rings. The van der Waals surface area contributed by atoms with Crippen molar-refractivity contribution >= 4 is 0 Å². The van der Waals surface area contributed by atoms with Gasteiger partial charge in [0.1, 0.15) is 5.75 Å². The highest BCUT2D eigenvalue weighted by atomic mass is 16.5. The molecule has 0 aromatic heterocycles. The van der Waals surface area contributed by atoms with E-state index in [4.69, 9.17) is 4.74 Å². The fraction of sp³-hybridized carbons (Fsp3) is 0.571. The summed E-state index contributed by atoms with van der Waals surface area (Å²) in [7, 11) is 0. The van der Waals surface area contributed by atoms with Crippen LogP contribution in [0.25, 0.3) is 0 Å². The van der Waals surface area contributed by atoms with E-state index in [-0.39, 0.29) is 5.54 Å². The van der Waals surface area contributed by atoms with Gasteiger partial charge in [-0.25, -0.2) is 0 Å². The third-order valence-corrected chi connectivity index (χ3v) is 3.53. The van der Waals surface area contributed by atoms with E-state index >= 15 is 0 Å². The van der Waals surface area contributed by atoms with E-state index in [0.29, 0.717) is 11.8 Å². The van der Waals surface area contributed by atoms with Gasteiger partial charge in [0.05, 0.1) is 13.2 Å². The van der Waals surface area contributed by atoms with Crippen LogP contribution in [0.15, 0.2) is 24.3 Å². The highest BCUT2D eigenvalue weighted by molar-refractivity contribution is 5.29. The number of phenolic OH excluding ortho intramolecular Hbond substituents is 1. The summed E-state index contributed by atoms with van der Waals surface area (Å²) in [5.74, 6) is 0.334. The number of nitrogens with zero attached hydrogens (tertiary/aromatic N) is 1. The molecule has 1 aromatic carbocycles. The fourth-order valence-corrected chi connectivity index (χ4v) is 2.55. The SMILES string of the molecule is CC(c1cccc(O)c1)N1CCOCC1(C)C. The molecule has 1 aliphatic rings. The standard InChI is InChI=1S/C14H21NO2/c1-11(12-5-4-6-13(16)9-12)15-7-8-17-10-14(15,2)3/h4-6,9,11,16H,7-8,10H2,1-3H3. The molecule has 1 unspecified atom stereocenters. The van der Waals surface area contributed by atoms with Gasteiger partial charge in [-0.15, -0.1) is 0 Å². The van der Waals surface area contributed by atoms with Crippen molar-refractivity contribution in [1.29, 1.82) is 0 Å². The Bertz CT molecular complexity index is 390. The minimum absolute atomic E-state index is 0.0448. The predicted molar refractivity (Wildman–Crippen MR) is 68.1 cm³/mol. The van der Waals surface area contributed by atoms with Gasteiger partial charge in [-0.1, -0.05) is 12.1 Å². The Morgan fingerprint density at radius 1 is 1.41 bits per heavy atom. The van der Waals surface area contributed by atoms with Crippen LogP contribution in [-0.2, 0) is 4.74 Å². The van der Waals surface area contributed by atoms with Crippen LogP contribution in [0.3, 0.4) is 0 Å². The lowest BCUT2D eigenvalue weighted by atomic mass is 9.96. The van der Waals surface area contributed by atoms with E-state index in [9.17, 15) is 5.11 Å². The molecule has 1 saturated heterocycles. The maximum absolute atomic E-state index is 9.55. The number of benzene rings is 1. The molecule has 3 heteroatoms. The molecule has 0 radical (unpaired) electrons. The molecule has 0 amide bonds. The molecule has 1 aliphatic heterocycles. The zero-order chi connectivity index (χ0) is 12.5. The second kappa shape index (κ2) is 4.67. The first-order valence-electron chi connectivity index (χ1n) is 6.14. The van der Waals surface area contributed by atoms with E-state index in [0.717, 1.165) is 25.3 Å². The summed E-state index contributed by atoms with van der Waals surface area (Å²) in [6.45, 7) is 9.06. The topological polar surface area (TPSA) is 32.7 Å². The summed E-state index contributed by atoms with van der Waals surface area (Å²) in [6.07, 6.45) is 0. The van der Waals surface area contributed by atoms with Crippen LogP contribution < -0.4 is 0 Å². The first-order chi connectivity index (χ1) is 8.00.